The Morgan fingerprint density at radius 1 is 0.359 bits per heavy atom. The van der Waals surface area contributed by atoms with Crippen LogP contribution in [0.5, 0.6) is 0 Å². The van der Waals surface area contributed by atoms with Crippen LogP contribution < -0.4 is 0 Å². The van der Waals surface area contributed by atoms with Crippen LogP contribution in [0.3, 0.4) is 0 Å². The van der Waals surface area contributed by atoms with Crippen LogP contribution in [0, 0.1) is 0 Å². The Bertz CT molecular complexity index is 3700. The van der Waals surface area contributed by atoms with Gasteiger partial charge in [-0.05, 0) is 139 Å². The lowest BCUT2D eigenvalue weighted by molar-refractivity contribution is 0.988. The lowest BCUT2D eigenvalue weighted by Gasteiger charge is -2.18. The minimum atomic E-state index is 0.928. The van der Waals surface area contributed by atoms with Crippen molar-refractivity contribution in [2.45, 2.75) is 19.8 Å². The topological polar surface area (TPSA) is 12.4 Å². The minimum absolute atomic E-state index is 0.928. The van der Waals surface area contributed by atoms with Crippen LogP contribution in [0.25, 0.3) is 97.1 Å². The predicted octanol–water partition coefficient (Wildman–Crippen LogP) is 17.6. The summed E-state index contributed by atoms with van der Waals surface area (Å²) in [7, 11) is 0. The van der Waals surface area contributed by atoms with Crippen molar-refractivity contribution in [3.05, 3.63) is 241 Å². The first-order valence-electron chi connectivity index (χ1n) is 22.2. The Balaban J connectivity index is 0.999. The molecule has 12 rings (SSSR count). The van der Waals surface area contributed by atoms with Gasteiger partial charge >= 0.3 is 0 Å². The highest BCUT2D eigenvalue weighted by Gasteiger charge is 2.18. The van der Waals surface area contributed by atoms with Gasteiger partial charge in [0.05, 0.1) is 11.4 Å². The molecular formula is C62H43NS. The Hall–Kier alpha value is -7.65. The Labute approximate surface area is 377 Å². The van der Waals surface area contributed by atoms with E-state index in [2.05, 4.69) is 225 Å². The zero-order valence-corrected chi connectivity index (χ0v) is 36.4. The highest BCUT2D eigenvalue weighted by Crippen LogP contribution is 2.44. The second-order valence-corrected chi connectivity index (χ2v) is 18.1. The van der Waals surface area contributed by atoms with E-state index in [4.69, 9.17) is 4.99 Å². The van der Waals surface area contributed by atoms with E-state index in [0.29, 0.717) is 0 Å². The van der Waals surface area contributed by atoms with Crippen molar-refractivity contribution in [2.24, 2.45) is 4.99 Å². The highest BCUT2D eigenvalue weighted by atomic mass is 32.1. The van der Waals surface area contributed by atoms with Crippen molar-refractivity contribution >= 4 is 80.8 Å². The average molecular weight is 834 g/mol. The van der Waals surface area contributed by atoms with E-state index in [9.17, 15) is 0 Å². The second-order valence-electron chi connectivity index (χ2n) is 17.0. The summed E-state index contributed by atoms with van der Waals surface area (Å²) in [4.78, 5) is 5.55. The fraction of sp³-hybridized carbons (Fsp3) is 0.0484. The minimum Gasteiger partial charge on any atom is -0.248 e. The van der Waals surface area contributed by atoms with Crippen LogP contribution >= 0.6 is 11.3 Å². The fourth-order valence-corrected chi connectivity index (χ4v) is 11.0. The van der Waals surface area contributed by atoms with Crippen LogP contribution in [0.4, 0.5) is 0 Å². The first kappa shape index (κ1) is 38.1. The highest BCUT2D eigenvalue weighted by molar-refractivity contribution is 7.25. The number of nitrogens with zero attached hydrogens (tertiary/aromatic N) is 1. The summed E-state index contributed by atoms with van der Waals surface area (Å²) in [6, 6.07) is 78.0. The number of hydrogen-bond donors (Lipinski definition) is 0. The molecule has 0 amide bonds. The number of fused-ring (bicyclic) bond motifs is 9. The van der Waals surface area contributed by atoms with Crippen LogP contribution in [-0.4, -0.2) is 5.71 Å². The van der Waals surface area contributed by atoms with Gasteiger partial charge in [0, 0.05) is 31.3 Å². The zero-order valence-electron chi connectivity index (χ0n) is 35.6. The van der Waals surface area contributed by atoms with Crippen LogP contribution in [0.1, 0.15) is 36.5 Å². The Morgan fingerprint density at radius 3 is 1.72 bits per heavy atom. The van der Waals surface area contributed by atoms with E-state index in [-0.39, 0.29) is 0 Å². The van der Waals surface area contributed by atoms with Gasteiger partial charge in [-0.25, -0.2) is 4.99 Å². The molecule has 0 atom stereocenters. The van der Waals surface area contributed by atoms with E-state index in [1.54, 1.807) is 0 Å². The van der Waals surface area contributed by atoms with Gasteiger partial charge in [0.15, 0.2) is 0 Å². The smallest absolute Gasteiger partial charge is 0.0712 e. The fourth-order valence-electron chi connectivity index (χ4n) is 9.89. The van der Waals surface area contributed by atoms with Gasteiger partial charge in [-0.15, -0.1) is 11.3 Å². The molecule has 0 saturated heterocycles. The van der Waals surface area contributed by atoms with Crippen LogP contribution in [-0.2, 0) is 0 Å². The number of aliphatic imine (C=N–C) groups is 1. The molecule has 0 saturated carbocycles. The number of allylic oxidation sites excluding steroid dienone is 3. The van der Waals surface area contributed by atoms with Crippen molar-refractivity contribution in [3.63, 3.8) is 0 Å². The standard InChI is InChI=1S/C62H43NS/c1-40-26-27-47(43-30-28-42(29-31-43)41-14-4-2-5-15-41)39-58(63-62(40)44-16-6-3-7-17-44)49-19-12-18-45(36-49)46-32-34-55-56(37-46)52-21-9-8-20-51(52)54-24-13-23-50(61(54)55)48-33-35-60-57(38-48)53-22-10-11-25-59(53)64-60/h2-25,28-39H,26-27H2,1H3/b47-39+,62-40-,63-58+. The molecule has 0 spiro atoms. The average Bonchev–Trinajstić information content (AvgIpc) is 3.74. The first-order chi connectivity index (χ1) is 31.6. The van der Waals surface area contributed by atoms with E-state index in [1.807, 2.05) is 11.3 Å². The van der Waals surface area contributed by atoms with E-state index in [0.717, 1.165) is 35.4 Å². The lowest BCUT2D eigenvalue weighted by atomic mass is 9.87. The summed E-state index contributed by atoms with van der Waals surface area (Å²) in [6.45, 7) is 2.25. The number of benzene rings is 10. The largest absolute Gasteiger partial charge is 0.248 e. The van der Waals surface area contributed by atoms with Crippen molar-refractivity contribution in [1.29, 1.82) is 0 Å². The number of hydrogen-bond acceptors (Lipinski definition) is 2. The molecule has 1 aliphatic heterocycles. The molecule has 2 heteroatoms. The summed E-state index contributed by atoms with van der Waals surface area (Å²) in [5.41, 5.74) is 15.4. The maximum atomic E-state index is 5.55. The molecule has 1 aliphatic rings. The van der Waals surface area contributed by atoms with Crippen LogP contribution in [0.15, 0.2) is 229 Å². The number of thiophene rings is 1. The summed E-state index contributed by atoms with van der Waals surface area (Å²) in [6.07, 6.45) is 4.20. The molecule has 0 bridgehead atoms. The van der Waals surface area contributed by atoms with E-state index in [1.165, 1.54) is 103 Å². The third kappa shape index (κ3) is 6.75. The van der Waals surface area contributed by atoms with E-state index >= 15 is 0 Å². The van der Waals surface area contributed by atoms with Crippen molar-refractivity contribution in [1.82, 2.24) is 0 Å². The maximum absolute atomic E-state index is 5.55. The molecule has 0 N–H and O–H groups in total. The molecule has 2 heterocycles. The molecule has 11 aromatic rings. The van der Waals surface area contributed by atoms with Crippen molar-refractivity contribution in [2.75, 3.05) is 0 Å². The molecule has 0 aliphatic carbocycles. The normalized spacial score (nSPS) is 16.1. The second kappa shape index (κ2) is 15.9. The third-order valence-corrected chi connectivity index (χ3v) is 14.3. The van der Waals surface area contributed by atoms with Gasteiger partial charge in [-0.3, -0.25) is 0 Å². The molecule has 1 aromatic heterocycles. The van der Waals surface area contributed by atoms with Gasteiger partial charge in [-0.2, -0.15) is 0 Å². The van der Waals surface area contributed by atoms with Gasteiger partial charge in [-0.1, -0.05) is 182 Å². The molecule has 0 unspecified atom stereocenters. The van der Waals surface area contributed by atoms with Crippen LogP contribution in [0.2, 0.25) is 0 Å². The predicted molar refractivity (Wildman–Crippen MR) is 277 cm³/mol. The summed E-state index contributed by atoms with van der Waals surface area (Å²) in [5.74, 6) is 0. The van der Waals surface area contributed by atoms with Gasteiger partial charge < -0.3 is 0 Å². The maximum Gasteiger partial charge on any atom is 0.0712 e. The lowest BCUT2D eigenvalue weighted by Crippen LogP contribution is -2.04. The molecule has 0 fully saturated rings. The molecular weight excluding hydrogens is 791 g/mol. The van der Waals surface area contributed by atoms with Gasteiger partial charge in [0.1, 0.15) is 0 Å². The molecule has 64 heavy (non-hydrogen) atoms. The monoisotopic (exact) mass is 833 g/mol. The SMILES string of the molecule is C/C1=C(c2ccccc2)/N=C(c2cccc(-c3ccc4c(c3)c3ccccc3c3cccc(-c5ccc6sc7ccccc7c6c5)c34)c2)\C=C(\c2ccc(-c3ccccc3)cc2)CC1. The van der Waals surface area contributed by atoms with E-state index < -0.39 is 0 Å². The Morgan fingerprint density at radius 2 is 0.906 bits per heavy atom. The first-order valence-corrected chi connectivity index (χ1v) is 23.0. The molecule has 10 aromatic carbocycles. The summed E-state index contributed by atoms with van der Waals surface area (Å²) < 4.78 is 2.65. The van der Waals surface area contributed by atoms with Crippen molar-refractivity contribution in [3.8, 4) is 33.4 Å². The Kier molecular flexibility index (Phi) is 9.47. The zero-order chi connectivity index (χ0) is 42.6. The van der Waals surface area contributed by atoms with Gasteiger partial charge in [0.2, 0.25) is 0 Å². The quantitative estimate of drug-likeness (QED) is 0.148. The summed E-state index contributed by atoms with van der Waals surface area (Å²) >= 11 is 1.87. The summed E-state index contributed by atoms with van der Waals surface area (Å²) in [5, 5.41) is 10.3. The molecule has 0 radical (unpaired) electrons. The number of rotatable bonds is 6. The van der Waals surface area contributed by atoms with Crippen molar-refractivity contribution < 1.29 is 0 Å². The third-order valence-electron chi connectivity index (χ3n) is 13.2. The van der Waals surface area contributed by atoms with Gasteiger partial charge in [0.25, 0.3) is 0 Å². The molecule has 302 valence electrons. The molecule has 1 nitrogen and oxygen atoms in total.